The SMILES string of the molecule is Cc1ccc(C)c(C(=O)N2CCCC(COc3ccc(C(=O)NC4CC4)cc3)C2)c1. The van der Waals surface area contributed by atoms with Crippen molar-refractivity contribution in [2.75, 3.05) is 19.7 Å². The maximum Gasteiger partial charge on any atom is 0.254 e. The number of ether oxygens (including phenoxy) is 1. The van der Waals surface area contributed by atoms with Gasteiger partial charge in [0.1, 0.15) is 5.75 Å². The standard InChI is InChI=1S/C25H30N2O3/c1-17-5-6-18(2)23(14-17)25(29)27-13-3-4-19(15-27)16-30-22-11-7-20(8-12-22)24(28)26-21-9-10-21/h5-8,11-12,14,19,21H,3-4,9-10,13,15-16H2,1-2H3,(H,26,28). The third kappa shape index (κ3) is 5.02. The molecule has 1 saturated heterocycles. The van der Waals surface area contributed by atoms with Crippen LogP contribution in [0.25, 0.3) is 0 Å². The molecule has 1 aliphatic heterocycles. The monoisotopic (exact) mass is 406 g/mol. The van der Waals surface area contributed by atoms with Crippen molar-refractivity contribution in [3.63, 3.8) is 0 Å². The predicted octanol–water partition coefficient (Wildman–Crippen LogP) is 4.13. The molecule has 2 amide bonds. The first kappa shape index (κ1) is 20.5. The fraction of sp³-hybridized carbons (Fsp3) is 0.440. The van der Waals surface area contributed by atoms with Crippen molar-refractivity contribution in [1.29, 1.82) is 0 Å². The number of hydrogen-bond donors (Lipinski definition) is 1. The number of hydrogen-bond acceptors (Lipinski definition) is 3. The highest BCUT2D eigenvalue weighted by molar-refractivity contribution is 5.96. The molecule has 1 unspecified atom stereocenters. The van der Waals surface area contributed by atoms with E-state index in [9.17, 15) is 9.59 Å². The van der Waals surface area contributed by atoms with Gasteiger partial charge in [-0.25, -0.2) is 0 Å². The number of aryl methyl sites for hydroxylation is 2. The molecule has 5 nitrogen and oxygen atoms in total. The molecule has 0 aromatic heterocycles. The summed E-state index contributed by atoms with van der Waals surface area (Å²) in [6, 6.07) is 13.7. The van der Waals surface area contributed by atoms with Crippen LogP contribution in [0.3, 0.4) is 0 Å². The first-order valence-corrected chi connectivity index (χ1v) is 10.9. The van der Waals surface area contributed by atoms with Gasteiger partial charge in [-0.05, 0) is 75.4 Å². The molecular formula is C25H30N2O3. The number of rotatable bonds is 6. The highest BCUT2D eigenvalue weighted by atomic mass is 16.5. The average Bonchev–Trinajstić information content (AvgIpc) is 3.58. The van der Waals surface area contributed by atoms with Gasteiger partial charge in [-0.2, -0.15) is 0 Å². The number of carbonyl (C=O) groups excluding carboxylic acids is 2. The Morgan fingerprint density at radius 3 is 2.57 bits per heavy atom. The first-order chi connectivity index (χ1) is 14.5. The molecule has 5 heteroatoms. The van der Waals surface area contributed by atoms with Gasteiger partial charge in [0.05, 0.1) is 6.61 Å². The van der Waals surface area contributed by atoms with Gasteiger partial charge < -0.3 is 15.0 Å². The fourth-order valence-electron chi connectivity index (χ4n) is 3.94. The minimum Gasteiger partial charge on any atom is -0.493 e. The molecule has 158 valence electrons. The normalized spacial score (nSPS) is 18.7. The molecule has 0 spiro atoms. The van der Waals surface area contributed by atoms with Crippen LogP contribution in [0.2, 0.25) is 0 Å². The Kier molecular flexibility index (Phi) is 6.07. The summed E-state index contributed by atoms with van der Waals surface area (Å²) < 4.78 is 5.98. The highest BCUT2D eigenvalue weighted by Crippen LogP contribution is 2.23. The molecule has 2 aromatic carbocycles. The second kappa shape index (κ2) is 8.90. The zero-order valence-electron chi connectivity index (χ0n) is 17.8. The van der Waals surface area contributed by atoms with Gasteiger partial charge in [-0.1, -0.05) is 17.7 Å². The van der Waals surface area contributed by atoms with Crippen LogP contribution in [0.15, 0.2) is 42.5 Å². The molecule has 0 radical (unpaired) electrons. The molecular weight excluding hydrogens is 376 g/mol. The number of carbonyl (C=O) groups is 2. The van der Waals surface area contributed by atoms with Crippen molar-refractivity contribution in [3.8, 4) is 5.75 Å². The maximum atomic E-state index is 13.0. The first-order valence-electron chi connectivity index (χ1n) is 10.9. The fourth-order valence-corrected chi connectivity index (χ4v) is 3.94. The molecule has 2 fully saturated rings. The van der Waals surface area contributed by atoms with Crippen LogP contribution >= 0.6 is 0 Å². The molecule has 1 N–H and O–H groups in total. The Labute approximate surface area is 178 Å². The smallest absolute Gasteiger partial charge is 0.254 e. The number of likely N-dealkylation sites (tertiary alicyclic amines) is 1. The Hall–Kier alpha value is -2.82. The number of benzene rings is 2. The molecule has 0 bridgehead atoms. The van der Waals surface area contributed by atoms with Crippen molar-refractivity contribution in [2.24, 2.45) is 5.92 Å². The van der Waals surface area contributed by atoms with Crippen molar-refractivity contribution in [1.82, 2.24) is 10.2 Å². The number of nitrogens with one attached hydrogen (secondary N) is 1. The van der Waals surface area contributed by atoms with E-state index in [4.69, 9.17) is 4.74 Å². The molecule has 1 saturated carbocycles. The quantitative estimate of drug-likeness (QED) is 0.785. The van der Waals surface area contributed by atoms with Crippen LogP contribution in [-0.4, -0.2) is 42.5 Å². The van der Waals surface area contributed by atoms with Crippen LogP contribution in [0.1, 0.15) is 57.5 Å². The van der Waals surface area contributed by atoms with Crippen molar-refractivity contribution in [3.05, 3.63) is 64.7 Å². The van der Waals surface area contributed by atoms with Gasteiger partial charge in [-0.3, -0.25) is 9.59 Å². The van der Waals surface area contributed by atoms with E-state index >= 15 is 0 Å². The van der Waals surface area contributed by atoms with Gasteiger partial charge >= 0.3 is 0 Å². The lowest BCUT2D eigenvalue weighted by atomic mass is 9.97. The van der Waals surface area contributed by atoms with Crippen molar-refractivity contribution >= 4 is 11.8 Å². The summed E-state index contributed by atoms with van der Waals surface area (Å²) >= 11 is 0. The van der Waals surface area contributed by atoms with E-state index in [1.807, 2.05) is 61.2 Å². The zero-order valence-corrected chi connectivity index (χ0v) is 17.8. The third-order valence-electron chi connectivity index (χ3n) is 5.94. The lowest BCUT2D eigenvalue weighted by Crippen LogP contribution is -2.41. The predicted molar refractivity (Wildman–Crippen MR) is 117 cm³/mol. The Morgan fingerprint density at radius 1 is 1.07 bits per heavy atom. The number of piperidine rings is 1. The summed E-state index contributed by atoms with van der Waals surface area (Å²) in [7, 11) is 0. The van der Waals surface area contributed by atoms with E-state index in [1.54, 1.807) is 0 Å². The highest BCUT2D eigenvalue weighted by Gasteiger charge is 2.26. The lowest BCUT2D eigenvalue weighted by molar-refractivity contribution is 0.0632. The molecule has 1 heterocycles. The van der Waals surface area contributed by atoms with Gasteiger partial charge in [0.25, 0.3) is 11.8 Å². The van der Waals surface area contributed by atoms with Crippen molar-refractivity contribution in [2.45, 2.75) is 45.6 Å². The van der Waals surface area contributed by atoms with Crippen molar-refractivity contribution < 1.29 is 14.3 Å². The van der Waals surface area contributed by atoms with Gasteiger partial charge in [0.15, 0.2) is 0 Å². The summed E-state index contributed by atoms with van der Waals surface area (Å²) in [5, 5.41) is 2.99. The average molecular weight is 407 g/mol. The number of amides is 2. The van der Waals surface area contributed by atoms with E-state index < -0.39 is 0 Å². The molecule has 1 aliphatic carbocycles. The molecule has 1 atom stereocenters. The second-order valence-electron chi connectivity index (χ2n) is 8.66. The third-order valence-corrected chi connectivity index (χ3v) is 5.94. The summed E-state index contributed by atoms with van der Waals surface area (Å²) in [6.45, 7) is 6.10. The zero-order chi connectivity index (χ0) is 21.1. The Balaban J connectivity index is 1.31. The van der Waals surface area contributed by atoms with E-state index in [1.165, 1.54) is 0 Å². The Morgan fingerprint density at radius 2 is 1.83 bits per heavy atom. The van der Waals surface area contributed by atoms with E-state index in [0.29, 0.717) is 30.7 Å². The lowest BCUT2D eigenvalue weighted by Gasteiger charge is -2.33. The van der Waals surface area contributed by atoms with E-state index in [2.05, 4.69) is 5.32 Å². The van der Waals surface area contributed by atoms with Gasteiger partial charge in [0.2, 0.25) is 0 Å². The van der Waals surface area contributed by atoms with Gasteiger partial charge in [0, 0.05) is 36.2 Å². The molecule has 2 aromatic rings. The molecule has 4 rings (SSSR count). The minimum atomic E-state index is -0.0167. The second-order valence-corrected chi connectivity index (χ2v) is 8.66. The maximum absolute atomic E-state index is 13.0. The van der Waals surface area contributed by atoms with E-state index in [0.717, 1.165) is 54.7 Å². The van der Waals surface area contributed by atoms with Crippen LogP contribution < -0.4 is 10.1 Å². The molecule has 30 heavy (non-hydrogen) atoms. The van der Waals surface area contributed by atoms with Gasteiger partial charge in [-0.15, -0.1) is 0 Å². The van der Waals surface area contributed by atoms with Crippen LogP contribution in [0.5, 0.6) is 5.75 Å². The summed E-state index contributed by atoms with van der Waals surface area (Å²) in [5.74, 6) is 1.17. The summed E-state index contributed by atoms with van der Waals surface area (Å²) in [6.07, 6.45) is 4.21. The Bertz CT molecular complexity index is 918. The van der Waals surface area contributed by atoms with E-state index in [-0.39, 0.29) is 11.8 Å². The summed E-state index contributed by atoms with van der Waals surface area (Å²) in [5.41, 5.74) is 3.60. The topological polar surface area (TPSA) is 58.6 Å². The molecule has 2 aliphatic rings. The minimum absolute atomic E-state index is 0.0167. The number of nitrogens with zero attached hydrogens (tertiary/aromatic N) is 1. The van der Waals surface area contributed by atoms with Crippen LogP contribution in [-0.2, 0) is 0 Å². The summed E-state index contributed by atoms with van der Waals surface area (Å²) in [4.78, 5) is 27.1. The van der Waals surface area contributed by atoms with Crippen LogP contribution in [0, 0.1) is 19.8 Å². The largest absolute Gasteiger partial charge is 0.493 e. The van der Waals surface area contributed by atoms with Crippen LogP contribution in [0.4, 0.5) is 0 Å².